The Morgan fingerprint density at radius 1 is 1.28 bits per heavy atom. The molecule has 0 fully saturated rings. The van der Waals surface area contributed by atoms with Crippen LogP contribution in [0.4, 0.5) is 4.39 Å². The van der Waals surface area contributed by atoms with E-state index in [-0.39, 0.29) is 5.56 Å². The molecule has 7 heteroatoms. The van der Waals surface area contributed by atoms with Crippen LogP contribution in [0, 0.1) is 5.82 Å². The van der Waals surface area contributed by atoms with E-state index in [2.05, 4.69) is 0 Å². The van der Waals surface area contributed by atoms with Gasteiger partial charge in [-0.3, -0.25) is 9.59 Å². The predicted molar refractivity (Wildman–Crippen MR) is 57.5 cm³/mol. The highest BCUT2D eigenvalue weighted by Gasteiger charge is 2.23. The third kappa shape index (κ3) is 3.85. The van der Waals surface area contributed by atoms with Crippen LogP contribution in [0.3, 0.4) is 0 Å². The summed E-state index contributed by atoms with van der Waals surface area (Å²) in [4.78, 5) is 32.7. The van der Waals surface area contributed by atoms with Gasteiger partial charge in [0.2, 0.25) is 0 Å². The molecule has 0 saturated heterocycles. The van der Waals surface area contributed by atoms with E-state index in [1.54, 1.807) is 0 Å². The molecule has 1 aromatic rings. The van der Waals surface area contributed by atoms with Crippen molar-refractivity contribution >= 4 is 17.8 Å². The summed E-state index contributed by atoms with van der Waals surface area (Å²) in [5, 5.41) is 19.2. The lowest BCUT2D eigenvalue weighted by Crippen LogP contribution is -2.42. The van der Waals surface area contributed by atoms with Crippen LogP contribution in [0.1, 0.15) is 16.8 Å². The number of hydrogen-bond donors (Lipinski definition) is 3. The quantitative estimate of drug-likeness (QED) is 0.710. The van der Waals surface area contributed by atoms with Gasteiger partial charge in [-0.1, -0.05) is 6.07 Å². The summed E-state index contributed by atoms with van der Waals surface area (Å²) in [6.45, 7) is 0. The van der Waals surface area contributed by atoms with Crippen molar-refractivity contribution in [2.45, 2.75) is 12.5 Å². The third-order valence-electron chi connectivity index (χ3n) is 2.07. The van der Waals surface area contributed by atoms with Gasteiger partial charge in [0.25, 0.3) is 5.91 Å². The van der Waals surface area contributed by atoms with Crippen LogP contribution in [0.2, 0.25) is 0 Å². The maximum atomic E-state index is 12.8. The summed E-state index contributed by atoms with van der Waals surface area (Å²) in [7, 11) is 0. The number of rotatable bonds is 5. The summed E-state index contributed by atoms with van der Waals surface area (Å²) in [6.07, 6.45) is -0.754. The molecule has 0 radical (unpaired) electrons. The Balaban J connectivity index is 2.78. The molecule has 0 spiro atoms. The number of aliphatic carboxylic acids is 2. The average molecular weight is 255 g/mol. The number of carbonyl (C=O) groups excluding carboxylic acids is 1. The maximum absolute atomic E-state index is 12.8. The van der Waals surface area contributed by atoms with Gasteiger partial charge >= 0.3 is 11.9 Å². The number of carbonyl (C=O) groups is 3. The molecule has 96 valence electrons. The molecule has 1 rings (SSSR count). The number of carboxylic acid groups (broad SMARTS) is 2. The van der Waals surface area contributed by atoms with Crippen molar-refractivity contribution in [1.29, 1.82) is 0 Å². The molecule has 0 aromatic heterocycles. The molecule has 6 nitrogen and oxygen atoms in total. The first-order valence-electron chi connectivity index (χ1n) is 4.91. The van der Waals surface area contributed by atoms with E-state index >= 15 is 0 Å². The van der Waals surface area contributed by atoms with Crippen LogP contribution in [0.15, 0.2) is 24.3 Å². The van der Waals surface area contributed by atoms with Gasteiger partial charge in [0.15, 0.2) is 0 Å². The lowest BCUT2D eigenvalue weighted by molar-refractivity contribution is -0.145. The number of carboxylic acids is 2. The van der Waals surface area contributed by atoms with E-state index in [0.717, 1.165) is 12.1 Å². The lowest BCUT2D eigenvalue weighted by Gasteiger charge is -2.12. The smallest absolute Gasteiger partial charge is 0.326 e. The SMILES string of the molecule is O=C(O)C[C@H](NC(=O)c1cccc(F)c1)C(=O)O. The fourth-order valence-electron chi connectivity index (χ4n) is 1.25. The highest BCUT2D eigenvalue weighted by molar-refractivity contribution is 5.97. The van der Waals surface area contributed by atoms with Crippen molar-refractivity contribution in [3.05, 3.63) is 35.6 Å². The van der Waals surface area contributed by atoms with Gasteiger partial charge in [-0.25, -0.2) is 9.18 Å². The molecule has 3 N–H and O–H groups in total. The zero-order valence-electron chi connectivity index (χ0n) is 9.09. The Hall–Kier alpha value is -2.44. The van der Waals surface area contributed by atoms with Crippen LogP contribution in [0.25, 0.3) is 0 Å². The third-order valence-corrected chi connectivity index (χ3v) is 2.07. The Kier molecular flexibility index (Phi) is 4.36. The second kappa shape index (κ2) is 5.76. The van der Waals surface area contributed by atoms with Crippen molar-refractivity contribution < 1.29 is 29.0 Å². The van der Waals surface area contributed by atoms with Crippen LogP contribution in [-0.2, 0) is 9.59 Å². The van der Waals surface area contributed by atoms with E-state index in [1.807, 2.05) is 5.32 Å². The average Bonchev–Trinajstić information content (AvgIpc) is 2.27. The molecule has 1 atom stereocenters. The van der Waals surface area contributed by atoms with Gasteiger partial charge in [0.05, 0.1) is 6.42 Å². The molecule has 0 bridgehead atoms. The zero-order valence-corrected chi connectivity index (χ0v) is 9.09. The number of amides is 1. The van der Waals surface area contributed by atoms with Gasteiger partial charge in [0.1, 0.15) is 11.9 Å². The van der Waals surface area contributed by atoms with Crippen LogP contribution in [0.5, 0.6) is 0 Å². The van der Waals surface area contributed by atoms with E-state index in [0.29, 0.717) is 0 Å². The van der Waals surface area contributed by atoms with E-state index in [4.69, 9.17) is 10.2 Å². The summed E-state index contributed by atoms with van der Waals surface area (Å²) < 4.78 is 12.8. The first kappa shape index (κ1) is 13.6. The van der Waals surface area contributed by atoms with Gasteiger partial charge in [-0.05, 0) is 18.2 Å². The zero-order chi connectivity index (χ0) is 13.7. The molecule has 0 aliphatic rings. The fraction of sp³-hybridized carbons (Fsp3) is 0.182. The van der Waals surface area contributed by atoms with Gasteiger partial charge in [-0.15, -0.1) is 0 Å². The first-order valence-corrected chi connectivity index (χ1v) is 4.91. The van der Waals surface area contributed by atoms with Crippen LogP contribution < -0.4 is 5.32 Å². The van der Waals surface area contributed by atoms with Crippen molar-refractivity contribution in [3.63, 3.8) is 0 Å². The summed E-state index contributed by atoms with van der Waals surface area (Å²) in [6, 6.07) is 3.07. The number of benzene rings is 1. The normalized spacial score (nSPS) is 11.6. The van der Waals surface area contributed by atoms with Crippen molar-refractivity contribution in [2.24, 2.45) is 0 Å². The van der Waals surface area contributed by atoms with E-state index in [1.165, 1.54) is 12.1 Å². The molecule has 1 amide bonds. The summed E-state index contributed by atoms with van der Waals surface area (Å²) in [5.74, 6) is -4.32. The highest BCUT2D eigenvalue weighted by Crippen LogP contribution is 2.04. The topological polar surface area (TPSA) is 104 Å². The molecule has 18 heavy (non-hydrogen) atoms. The molecule has 0 heterocycles. The minimum absolute atomic E-state index is 0.0772. The van der Waals surface area contributed by atoms with Crippen molar-refractivity contribution in [3.8, 4) is 0 Å². The first-order chi connectivity index (χ1) is 8.40. The Morgan fingerprint density at radius 2 is 1.94 bits per heavy atom. The van der Waals surface area contributed by atoms with Gasteiger partial charge < -0.3 is 15.5 Å². The monoisotopic (exact) mass is 255 g/mol. The minimum atomic E-state index is -1.56. The predicted octanol–water partition coefficient (Wildman–Crippen LogP) is 0.483. The second-order valence-corrected chi connectivity index (χ2v) is 3.47. The molecular weight excluding hydrogens is 245 g/mol. The Labute approximate surface area is 101 Å². The molecular formula is C11H10FNO5. The second-order valence-electron chi connectivity index (χ2n) is 3.47. The highest BCUT2D eigenvalue weighted by atomic mass is 19.1. The minimum Gasteiger partial charge on any atom is -0.481 e. The van der Waals surface area contributed by atoms with Crippen LogP contribution >= 0.6 is 0 Å². The molecule has 0 unspecified atom stereocenters. The molecule has 0 aliphatic carbocycles. The standard InChI is InChI=1S/C11H10FNO5/c12-7-3-1-2-6(4-7)10(16)13-8(11(17)18)5-9(14)15/h1-4,8H,5H2,(H,13,16)(H,14,15)(H,17,18)/t8-/m0/s1. The maximum Gasteiger partial charge on any atom is 0.326 e. The van der Waals surface area contributed by atoms with Crippen molar-refractivity contribution in [1.82, 2.24) is 5.32 Å². The largest absolute Gasteiger partial charge is 0.481 e. The number of nitrogens with one attached hydrogen (secondary N) is 1. The van der Waals surface area contributed by atoms with Crippen molar-refractivity contribution in [2.75, 3.05) is 0 Å². The summed E-state index contributed by atoms with van der Waals surface area (Å²) in [5.41, 5.74) is -0.0772. The molecule has 1 aromatic carbocycles. The van der Waals surface area contributed by atoms with E-state index < -0.39 is 36.1 Å². The Morgan fingerprint density at radius 3 is 2.44 bits per heavy atom. The van der Waals surface area contributed by atoms with E-state index in [9.17, 15) is 18.8 Å². The van der Waals surface area contributed by atoms with Crippen LogP contribution in [-0.4, -0.2) is 34.1 Å². The number of halogens is 1. The Bertz CT molecular complexity index is 488. The van der Waals surface area contributed by atoms with Gasteiger partial charge in [0, 0.05) is 5.56 Å². The fourth-order valence-corrected chi connectivity index (χ4v) is 1.25. The lowest BCUT2D eigenvalue weighted by atomic mass is 10.1. The molecule has 0 saturated carbocycles. The summed E-state index contributed by atoms with van der Waals surface area (Å²) >= 11 is 0. The van der Waals surface area contributed by atoms with Gasteiger partial charge in [-0.2, -0.15) is 0 Å². The molecule has 0 aliphatic heterocycles. The number of hydrogen-bond acceptors (Lipinski definition) is 3.